The fraction of sp³-hybridized carbons (Fsp3) is 0.455. The summed E-state index contributed by atoms with van der Waals surface area (Å²) < 4.78 is 29.1. The quantitative estimate of drug-likeness (QED) is 0.480. The molecule has 172 valence electrons. The number of hydrogen-bond acceptors (Lipinski definition) is 7. The number of sulfonamides is 1. The van der Waals surface area contributed by atoms with Gasteiger partial charge in [-0.2, -0.15) is 4.31 Å². The highest BCUT2D eigenvalue weighted by Crippen LogP contribution is 2.33. The third kappa shape index (κ3) is 4.60. The molecule has 1 aliphatic heterocycles. The van der Waals surface area contributed by atoms with Gasteiger partial charge in [0, 0.05) is 19.6 Å². The average Bonchev–Trinajstić information content (AvgIpc) is 3.53. The Balaban J connectivity index is 1.67. The highest BCUT2D eigenvalue weighted by atomic mass is 32.2. The molecule has 0 saturated carbocycles. The highest BCUT2D eigenvalue weighted by Gasteiger charge is 2.42. The van der Waals surface area contributed by atoms with E-state index < -0.39 is 16.1 Å². The molecule has 4 rings (SSSR count). The molecule has 1 fully saturated rings. The number of rotatable bonds is 8. The van der Waals surface area contributed by atoms with Crippen LogP contribution in [-0.4, -0.2) is 68.3 Å². The molecule has 0 spiro atoms. The number of likely N-dealkylation sites (N-methyl/N-ethyl adjacent to an activating group) is 1. The summed E-state index contributed by atoms with van der Waals surface area (Å²) in [4.78, 5) is 22.2. The van der Waals surface area contributed by atoms with Crippen molar-refractivity contribution in [2.24, 2.45) is 0 Å². The lowest BCUT2D eigenvalue weighted by molar-refractivity contribution is -0.121. The molecule has 0 bridgehead atoms. The van der Waals surface area contributed by atoms with E-state index in [1.165, 1.54) is 32.5 Å². The first kappa shape index (κ1) is 23.3. The van der Waals surface area contributed by atoms with Gasteiger partial charge in [0.25, 0.3) is 10.0 Å². The number of anilines is 1. The first-order chi connectivity index (χ1) is 15.3. The van der Waals surface area contributed by atoms with Crippen LogP contribution in [0.4, 0.5) is 5.13 Å². The number of nitrogens with zero attached hydrogens (tertiary/aromatic N) is 4. The zero-order valence-corrected chi connectivity index (χ0v) is 21.0. The monoisotopic (exact) mass is 492 g/mol. The molecular weight excluding hydrogens is 464 g/mol. The standard InChI is InChI=1S/C22H28N4O3S3/c1-4-16-9-10-17-19(15-16)31-22(23-17)25(13-12-24(2)3)21(27)18-7-5-11-26(18)32(28,29)20-8-6-14-30-20/h6,8-10,14-15,18H,4-5,7,11-13H2,1-3H3. The van der Waals surface area contributed by atoms with Crippen molar-refractivity contribution in [2.75, 3.05) is 38.6 Å². The van der Waals surface area contributed by atoms with Gasteiger partial charge < -0.3 is 4.90 Å². The van der Waals surface area contributed by atoms with Gasteiger partial charge >= 0.3 is 0 Å². The van der Waals surface area contributed by atoms with Crippen molar-refractivity contribution in [2.45, 2.75) is 36.4 Å². The summed E-state index contributed by atoms with van der Waals surface area (Å²) in [6, 6.07) is 8.79. The highest BCUT2D eigenvalue weighted by molar-refractivity contribution is 7.91. The molecule has 7 nitrogen and oxygen atoms in total. The molecule has 1 atom stereocenters. The van der Waals surface area contributed by atoms with Crippen molar-refractivity contribution in [1.29, 1.82) is 0 Å². The fourth-order valence-corrected chi connectivity index (χ4v) is 7.70. The van der Waals surface area contributed by atoms with Crippen LogP contribution in [0.15, 0.2) is 39.9 Å². The number of aryl methyl sites for hydroxylation is 1. The number of amides is 1. The number of aromatic nitrogens is 1. The Kier molecular flexibility index (Phi) is 6.97. The second-order valence-electron chi connectivity index (χ2n) is 8.15. The average molecular weight is 493 g/mol. The minimum absolute atomic E-state index is 0.195. The van der Waals surface area contributed by atoms with Crippen molar-refractivity contribution in [3.63, 3.8) is 0 Å². The molecular formula is C22H28N4O3S3. The third-order valence-electron chi connectivity index (χ3n) is 5.66. The van der Waals surface area contributed by atoms with E-state index in [-0.39, 0.29) is 10.1 Å². The Hall–Kier alpha value is -1.85. The summed E-state index contributed by atoms with van der Waals surface area (Å²) in [6.45, 7) is 3.58. The van der Waals surface area contributed by atoms with Gasteiger partial charge in [0.15, 0.2) is 5.13 Å². The Morgan fingerprint density at radius 2 is 2.06 bits per heavy atom. The lowest BCUT2D eigenvalue weighted by atomic mass is 10.2. The third-order valence-corrected chi connectivity index (χ3v) is 9.99. The minimum Gasteiger partial charge on any atom is -0.308 e. The predicted molar refractivity (Wildman–Crippen MR) is 131 cm³/mol. The van der Waals surface area contributed by atoms with Crippen LogP contribution in [0.25, 0.3) is 10.2 Å². The summed E-state index contributed by atoms with van der Waals surface area (Å²) in [5, 5.41) is 2.37. The number of carbonyl (C=O) groups excluding carboxylic acids is 1. The number of benzene rings is 1. The topological polar surface area (TPSA) is 73.8 Å². The molecule has 1 saturated heterocycles. The van der Waals surface area contributed by atoms with E-state index >= 15 is 0 Å². The van der Waals surface area contributed by atoms with Gasteiger partial charge in [-0.05, 0) is 62.5 Å². The summed E-state index contributed by atoms with van der Waals surface area (Å²) in [6.07, 6.45) is 2.12. The van der Waals surface area contributed by atoms with Crippen LogP contribution in [0.1, 0.15) is 25.3 Å². The van der Waals surface area contributed by atoms with Gasteiger partial charge in [-0.1, -0.05) is 30.4 Å². The molecule has 2 aromatic heterocycles. The Labute approximate surface area is 197 Å². The van der Waals surface area contributed by atoms with Crippen LogP contribution in [0.2, 0.25) is 0 Å². The molecule has 0 radical (unpaired) electrons. The maximum atomic E-state index is 13.8. The van der Waals surface area contributed by atoms with E-state index in [4.69, 9.17) is 4.98 Å². The Bertz CT molecular complexity index is 1190. The van der Waals surface area contributed by atoms with E-state index in [1.807, 2.05) is 25.1 Å². The van der Waals surface area contributed by atoms with E-state index in [1.54, 1.807) is 22.4 Å². The van der Waals surface area contributed by atoms with Gasteiger partial charge in [0.1, 0.15) is 10.3 Å². The number of carbonyl (C=O) groups is 1. The van der Waals surface area contributed by atoms with Crippen LogP contribution in [0.3, 0.4) is 0 Å². The second-order valence-corrected chi connectivity index (χ2v) is 12.2. The SMILES string of the molecule is CCc1ccc2nc(N(CCN(C)C)C(=O)C3CCCN3S(=O)(=O)c3cccs3)sc2c1. The van der Waals surface area contributed by atoms with E-state index in [0.717, 1.165) is 16.6 Å². The fourth-order valence-electron chi connectivity index (χ4n) is 3.87. The van der Waals surface area contributed by atoms with Crippen LogP contribution in [0.5, 0.6) is 0 Å². The summed E-state index contributed by atoms with van der Waals surface area (Å²) in [5.74, 6) is -0.195. The Morgan fingerprint density at radius 3 is 2.75 bits per heavy atom. The lowest BCUT2D eigenvalue weighted by Gasteiger charge is -2.29. The molecule has 0 N–H and O–H groups in total. The zero-order chi connectivity index (χ0) is 22.9. The van der Waals surface area contributed by atoms with Gasteiger partial charge in [0.2, 0.25) is 5.91 Å². The zero-order valence-electron chi connectivity index (χ0n) is 18.5. The summed E-state index contributed by atoms with van der Waals surface area (Å²) >= 11 is 2.67. The largest absolute Gasteiger partial charge is 0.308 e. The number of hydrogen-bond donors (Lipinski definition) is 0. The summed E-state index contributed by atoms with van der Waals surface area (Å²) in [7, 11) is 0.219. The van der Waals surface area contributed by atoms with Crippen molar-refractivity contribution in [3.05, 3.63) is 41.3 Å². The molecule has 3 aromatic rings. The lowest BCUT2D eigenvalue weighted by Crippen LogP contribution is -2.49. The molecule has 3 heterocycles. The van der Waals surface area contributed by atoms with Gasteiger partial charge in [0.05, 0.1) is 10.2 Å². The van der Waals surface area contributed by atoms with Gasteiger partial charge in [-0.15, -0.1) is 11.3 Å². The molecule has 1 aromatic carbocycles. The number of thiazole rings is 1. The van der Waals surface area contributed by atoms with Crippen LogP contribution < -0.4 is 4.90 Å². The van der Waals surface area contributed by atoms with E-state index in [2.05, 4.69) is 19.1 Å². The normalized spacial score (nSPS) is 17.4. The van der Waals surface area contributed by atoms with Crippen molar-refractivity contribution in [1.82, 2.24) is 14.2 Å². The van der Waals surface area contributed by atoms with Crippen molar-refractivity contribution >= 4 is 54.0 Å². The van der Waals surface area contributed by atoms with E-state index in [0.29, 0.717) is 37.6 Å². The minimum atomic E-state index is -3.69. The second kappa shape index (κ2) is 9.56. The number of thiophene rings is 1. The molecule has 1 unspecified atom stereocenters. The number of fused-ring (bicyclic) bond motifs is 1. The summed E-state index contributed by atoms with van der Waals surface area (Å²) in [5.41, 5.74) is 2.09. The molecule has 32 heavy (non-hydrogen) atoms. The molecule has 1 amide bonds. The van der Waals surface area contributed by atoms with Gasteiger partial charge in [-0.25, -0.2) is 13.4 Å². The van der Waals surface area contributed by atoms with Crippen LogP contribution in [0, 0.1) is 0 Å². The van der Waals surface area contributed by atoms with Crippen molar-refractivity contribution in [3.8, 4) is 0 Å². The first-order valence-corrected chi connectivity index (χ1v) is 13.9. The van der Waals surface area contributed by atoms with E-state index in [9.17, 15) is 13.2 Å². The Morgan fingerprint density at radius 1 is 1.25 bits per heavy atom. The van der Waals surface area contributed by atoms with Crippen LogP contribution in [-0.2, 0) is 21.2 Å². The smallest absolute Gasteiger partial charge is 0.253 e. The van der Waals surface area contributed by atoms with Crippen LogP contribution >= 0.6 is 22.7 Å². The first-order valence-electron chi connectivity index (χ1n) is 10.7. The molecule has 1 aliphatic rings. The molecule has 10 heteroatoms. The maximum Gasteiger partial charge on any atom is 0.253 e. The van der Waals surface area contributed by atoms with Crippen molar-refractivity contribution < 1.29 is 13.2 Å². The maximum absolute atomic E-state index is 13.8. The molecule has 0 aliphatic carbocycles. The predicted octanol–water partition coefficient (Wildman–Crippen LogP) is 3.67. The van der Waals surface area contributed by atoms with Gasteiger partial charge in [-0.3, -0.25) is 9.69 Å².